The van der Waals surface area contributed by atoms with Crippen molar-refractivity contribution >= 4 is 17.9 Å². The van der Waals surface area contributed by atoms with Crippen LogP contribution in [0.1, 0.15) is 406 Å². The Morgan fingerprint density at radius 2 is 0.481 bits per heavy atom. The first-order valence-corrected chi connectivity index (χ1v) is 36.5. The number of hydrogen-bond donors (Lipinski definition) is 0. The second kappa shape index (κ2) is 70.1. The summed E-state index contributed by atoms with van der Waals surface area (Å²) < 4.78 is 17.0. The van der Waals surface area contributed by atoms with Crippen LogP contribution in [0.15, 0.2) is 36.5 Å². The Morgan fingerprint density at radius 1 is 0.259 bits per heavy atom. The molecular formula is C75H140O6. The van der Waals surface area contributed by atoms with E-state index in [1.165, 1.54) is 270 Å². The third-order valence-corrected chi connectivity index (χ3v) is 16.7. The molecule has 0 aromatic rings. The topological polar surface area (TPSA) is 78.9 Å². The molecule has 0 aromatic carbocycles. The van der Waals surface area contributed by atoms with Gasteiger partial charge in [-0.1, -0.05) is 372 Å². The van der Waals surface area contributed by atoms with Gasteiger partial charge in [0.25, 0.3) is 0 Å². The Labute approximate surface area is 506 Å². The van der Waals surface area contributed by atoms with Gasteiger partial charge < -0.3 is 14.2 Å². The van der Waals surface area contributed by atoms with Crippen LogP contribution < -0.4 is 0 Å². The van der Waals surface area contributed by atoms with E-state index >= 15 is 0 Å². The zero-order valence-corrected chi connectivity index (χ0v) is 54.8. The number of hydrogen-bond acceptors (Lipinski definition) is 6. The molecule has 476 valence electrons. The van der Waals surface area contributed by atoms with Crippen LogP contribution in [0.5, 0.6) is 0 Å². The van der Waals surface area contributed by atoms with E-state index in [9.17, 15) is 14.4 Å². The minimum Gasteiger partial charge on any atom is -0.462 e. The molecule has 0 saturated heterocycles. The molecule has 0 spiro atoms. The van der Waals surface area contributed by atoms with Crippen molar-refractivity contribution in [2.24, 2.45) is 0 Å². The van der Waals surface area contributed by atoms with Crippen LogP contribution >= 0.6 is 0 Å². The van der Waals surface area contributed by atoms with Crippen LogP contribution in [0.3, 0.4) is 0 Å². The van der Waals surface area contributed by atoms with Gasteiger partial charge in [-0.15, -0.1) is 0 Å². The molecule has 0 aromatic heterocycles. The lowest BCUT2D eigenvalue weighted by molar-refractivity contribution is -0.167. The Balaban J connectivity index is 4.21. The number of carbonyl (C=O) groups is 3. The summed E-state index contributed by atoms with van der Waals surface area (Å²) in [6.45, 7) is 6.60. The number of rotatable bonds is 68. The highest BCUT2D eigenvalue weighted by molar-refractivity contribution is 5.71. The Hall–Kier alpha value is -2.37. The molecule has 0 aliphatic carbocycles. The summed E-state index contributed by atoms with van der Waals surface area (Å²) in [6.07, 6.45) is 87.6. The maximum absolute atomic E-state index is 13.0. The van der Waals surface area contributed by atoms with Crippen LogP contribution in [0.25, 0.3) is 0 Å². The molecule has 0 saturated carbocycles. The van der Waals surface area contributed by atoms with E-state index in [0.29, 0.717) is 19.3 Å². The van der Waals surface area contributed by atoms with E-state index in [1.807, 2.05) is 0 Å². The predicted octanol–water partition coefficient (Wildman–Crippen LogP) is 25.1. The average molecular weight is 1140 g/mol. The lowest BCUT2D eigenvalue weighted by atomic mass is 10.0. The van der Waals surface area contributed by atoms with Gasteiger partial charge in [-0.25, -0.2) is 0 Å². The largest absolute Gasteiger partial charge is 0.462 e. The van der Waals surface area contributed by atoms with E-state index in [-0.39, 0.29) is 31.1 Å². The van der Waals surface area contributed by atoms with Crippen molar-refractivity contribution in [1.29, 1.82) is 0 Å². The van der Waals surface area contributed by atoms with Gasteiger partial charge in [-0.3, -0.25) is 14.4 Å². The van der Waals surface area contributed by atoms with Gasteiger partial charge in [-0.2, -0.15) is 0 Å². The van der Waals surface area contributed by atoms with E-state index in [0.717, 1.165) is 96.3 Å². The SMILES string of the molecule is CC/C=C\C/C=C\C/C=C\CCCCCCCC(=O)OCC(COC(=O)CCCCCCCCCCCCCCCCCCCCCCCCCCCCCC)OC(=O)CCCCCCCCCCCCCCCCCCCCCC. The van der Waals surface area contributed by atoms with E-state index < -0.39 is 6.10 Å². The van der Waals surface area contributed by atoms with Crippen molar-refractivity contribution in [2.75, 3.05) is 13.2 Å². The summed E-state index contributed by atoms with van der Waals surface area (Å²) in [4.78, 5) is 38.5. The Bertz CT molecular complexity index is 1350. The van der Waals surface area contributed by atoms with E-state index in [1.54, 1.807) is 0 Å². The summed E-state index contributed by atoms with van der Waals surface area (Å²) >= 11 is 0. The molecule has 0 heterocycles. The maximum atomic E-state index is 13.0. The highest BCUT2D eigenvalue weighted by Crippen LogP contribution is 2.19. The monoisotopic (exact) mass is 1140 g/mol. The molecule has 0 bridgehead atoms. The van der Waals surface area contributed by atoms with Crippen molar-refractivity contribution < 1.29 is 28.6 Å². The smallest absolute Gasteiger partial charge is 0.306 e. The molecule has 1 atom stereocenters. The highest BCUT2D eigenvalue weighted by atomic mass is 16.6. The minimum absolute atomic E-state index is 0.0717. The van der Waals surface area contributed by atoms with Gasteiger partial charge in [0.05, 0.1) is 0 Å². The number of allylic oxidation sites excluding steroid dienone is 6. The first kappa shape index (κ1) is 78.6. The summed E-state index contributed by atoms with van der Waals surface area (Å²) in [6, 6.07) is 0. The fraction of sp³-hybridized carbons (Fsp3) is 0.880. The minimum atomic E-state index is -0.777. The van der Waals surface area contributed by atoms with Crippen LogP contribution in [-0.2, 0) is 28.6 Å². The third-order valence-electron chi connectivity index (χ3n) is 16.7. The molecule has 0 amide bonds. The van der Waals surface area contributed by atoms with Crippen molar-refractivity contribution in [3.05, 3.63) is 36.5 Å². The molecule has 0 aliphatic rings. The van der Waals surface area contributed by atoms with Crippen molar-refractivity contribution in [3.63, 3.8) is 0 Å². The molecule has 0 radical (unpaired) electrons. The van der Waals surface area contributed by atoms with Gasteiger partial charge in [0.2, 0.25) is 0 Å². The number of unbranched alkanes of at least 4 members (excludes halogenated alkanes) is 51. The van der Waals surface area contributed by atoms with Gasteiger partial charge in [0.1, 0.15) is 13.2 Å². The Kier molecular flexibility index (Phi) is 68.1. The molecule has 81 heavy (non-hydrogen) atoms. The fourth-order valence-corrected chi connectivity index (χ4v) is 11.2. The van der Waals surface area contributed by atoms with E-state index in [4.69, 9.17) is 14.2 Å². The molecule has 0 fully saturated rings. The normalized spacial score (nSPS) is 12.2. The molecule has 1 unspecified atom stereocenters. The molecular weight excluding hydrogens is 997 g/mol. The van der Waals surface area contributed by atoms with Crippen LogP contribution in [0.4, 0.5) is 0 Å². The molecule has 6 nitrogen and oxygen atoms in total. The second-order valence-corrected chi connectivity index (χ2v) is 24.8. The summed E-state index contributed by atoms with van der Waals surface area (Å²) in [5.74, 6) is -0.857. The lowest BCUT2D eigenvalue weighted by Crippen LogP contribution is -2.30. The molecule has 0 N–H and O–H groups in total. The zero-order chi connectivity index (χ0) is 58.5. The quantitative estimate of drug-likeness (QED) is 0.0261. The number of carbonyl (C=O) groups excluding carboxylic acids is 3. The number of ether oxygens (including phenoxy) is 3. The molecule has 0 aliphatic heterocycles. The lowest BCUT2D eigenvalue weighted by Gasteiger charge is -2.18. The van der Waals surface area contributed by atoms with Gasteiger partial charge in [-0.05, 0) is 51.4 Å². The standard InChI is InChI=1S/C75H140O6/c1-4-7-10-13-16-19-22-25-28-30-32-34-35-36-37-38-39-40-41-43-44-47-50-53-56-59-62-65-68-74(77)80-71-72(70-79-73(76)67-64-61-58-55-52-49-46-27-24-21-18-15-12-9-6-3)81-75(78)69-66-63-60-57-54-51-48-45-42-33-31-29-26-23-20-17-14-11-8-5-2/h9,12,18,21,27,46,72H,4-8,10-11,13-17,19-20,22-26,28-45,47-71H2,1-3H3/b12-9-,21-18-,46-27-. The maximum Gasteiger partial charge on any atom is 0.306 e. The predicted molar refractivity (Wildman–Crippen MR) is 353 cm³/mol. The molecule has 6 heteroatoms. The Morgan fingerprint density at radius 3 is 0.753 bits per heavy atom. The van der Waals surface area contributed by atoms with Gasteiger partial charge >= 0.3 is 17.9 Å². The average Bonchev–Trinajstić information content (AvgIpc) is 3.47. The first-order valence-electron chi connectivity index (χ1n) is 36.5. The van der Waals surface area contributed by atoms with Gasteiger partial charge in [0, 0.05) is 19.3 Å². The zero-order valence-electron chi connectivity index (χ0n) is 54.8. The third kappa shape index (κ3) is 68.3. The fourth-order valence-electron chi connectivity index (χ4n) is 11.2. The van der Waals surface area contributed by atoms with Gasteiger partial charge in [0.15, 0.2) is 6.10 Å². The highest BCUT2D eigenvalue weighted by Gasteiger charge is 2.19. The second-order valence-electron chi connectivity index (χ2n) is 24.8. The summed E-state index contributed by atoms with van der Waals surface area (Å²) in [7, 11) is 0. The van der Waals surface area contributed by atoms with Crippen LogP contribution in [0.2, 0.25) is 0 Å². The van der Waals surface area contributed by atoms with Crippen LogP contribution in [-0.4, -0.2) is 37.2 Å². The van der Waals surface area contributed by atoms with Crippen LogP contribution in [0, 0.1) is 0 Å². The summed E-state index contributed by atoms with van der Waals surface area (Å²) in [5, 5.41) is 0. The first-order chi connectivity index (χ1) is 40.0. The van der Waals surface area contributed by atoms with Crippen molar-refractivity contribution in [1.82, 2.24) is 0 Å². The van der Waals surface area contributed by atoms with Crippen molar-refractivity contribution in [2.45, 2.75) is 412 Å². The summed E-state index contributed by atoms with van der Waals surface area (Å²) in [5.41, 5.74) is 0. The van der Waals surface area contributed by atoms with Crippen molar-refractivity contribution in [3.8, 4) is 0 Å². The van der Waals surface area contributed by atoms with E-state index in [2.05, 4.69) is 57.2 Å². The number of esters is 3. The molecule has 0 rings (SSSR count).